The van der Waals surface area contributed by atoms with Gasteiger partial charge in [0.25, 0.3) is 11.8 Å². The van der Waals surface area contributed by atoms with Gasteiger partial charge in [-0.1, -0.05) is 0 Å². The smallest absolute Gasteiger partial charge is 0.383 e. The standard InChI is InChI=1S/C23H20F4N6O4/c1-11(34)32(3)33(23(36,37)16-6-5-13(9-17(16)24)22(25,26)27)21(35)12-4-7-18-14(8-12)19-15(20(28)30-18)10-29-31(19)2/h4-10,36-37H,1-3H3,(H2,28,30). The van der Waals surface area contributed by atoms with E-state index in [1.807, 2.05) is 0 Å². The maximum atomic E-state index is 14.7. The molecule has 2 aromatic heterocycles. The number of rotatable bonds is 3. The zero-order chi connectivity index (χ0) is 27.4. The lowest BCUT2D eigenvalue weighted by Gasteiger charge is -2.40. The Morgan fingerprint density at radius 1 is 1.08 bits per heavy atom. The summed E-state index contributed by atoms with van der Waals surface area (Å²) in [6.45, 7) is 0.992. The number of halogens is 4. The van der Waals surface area contributed by atoms with E-state index < -0.39 is 40.8 Å². The minimum Gasteiger partial charge on any atom is -0.383 e. The number of carbonyl (C=O) groups excluding carboxylic acids is 2. The van der Waals surface area contributed by atoms with Crippen LogP contribution in [-0.2, 0) is 23.9 Å². The Bertz CT molecular complexity index is 1570. The summed E-state index contributed by atoms with van der Waals surface area (Å²) >= 11 is 0. The minimum absolute atomic E-state index is 0.0538. The molecule has 4 aromatic rings. The zero-order valence-corrected chi connectivity index (χ0v) is 19.6. The van der Waals surface area contributed by atoms with Crippen molar-refractivity contribution in [2.24, 2.45) is 7.05 Å². The number of amides is 2. The molecule has 10 nitrogen and oxygen atoms in total. The van der Waals surface area contributed by atoms with Gasteiger partial charge in [-0.3, -0.25) is 14.3 Å². The van der Waals surface area contributed by atoms with Crippen LogP contribution in [0.4, 0.5) is 23.4 Å². The van der Waals surface area contributed by atoms with Gasteiger partial charge in [-0.05, 0) is 36.4 Å². The number of nitrogen functional groups attached to an aromatic ring is 1. The van der Waals surface area contributed by atoms with Crippen LogP contribution in [0.25, 0.3) is 21.8 Å². The molecule has 2 amide bonds. The van der Waals surface area contributed by atoms with E-state index in [1.165, 1.54) is 29.1 Å². The van der Waals surface area contributed by atoms with Crippen LogP contribution in [0, 0.1) is 5.82 Å². The van der Waals surface area contributed by atoms with E-state index in [2.05, 4.69) is 10.1 Å². The molecule has 14 heteroatoms. The molecule has 0 saturated heterocycles. The van der Waals surface area contributed by atoms with Gasteiger partial charge < -0.3 is 15.9 Å². The van der Waals surface area contributed by atoms with E-state index in [0.29, 0.717) is 38.9 Å². The molecule has 0 fully saturated rings. The van der Waals surface area contributed by atoms with Crippen molar-refractivity contribution >= 4 is 39.4 Å². The van der Waals surface area contributed by atoms with Crippen LogP contribution >= 0.6 is 0 Å². The maximum Gasteiger partial charge on any atom is 0.416 e. The van der Waals surface area contributed by atoms with Crippen molar-refractivity contribution in [2.45, 2.75) is 19.0 Å². The van der Waals surface area contributed by atoms with Crippen LogP contribution in [0.1, 0.15) is 28.4 Å². The van der Waals surface area contributed by atoms with Crippen LogP contribution in [0.2, 0.25) is 0 Å². The largest absolute Gasteiger partial charge is 0.416 e. The molecule has 0 aliphatic carbocycles. The number of fused-ring (bicyclic) bond motifs is 3. The van der Waals surface area contributed by atoms with Crippen LogP contribution in [-0.4, -0.2) is 53.9 Å². The first-order chi connectivity index (χ1) is 17.1. The summed E-state index contributed by atoms with van der Waals surface area (Å²) in [4.78, 5) is 30.0. The average Bonchev–Trinajstić information content (AvgIpc) is 3.20. The van der Waals surface area contributed by atoms with Gasteiger partial charge in [0.1, 0.15) is 11.6 Å². The van der Waals surface area contributed by atoms with Crippen LogP contribution in [0.15, 0.2) is 42.6 Å². The molecule has 0 aliphatic heterocycles. The fraction of sp³-hybridized carbons (Fsp3) is 0.217. The van der Waals surface area contributed by atoms with Crippen molar-refractivity contribution in [3.63, 3.8) is 0 Å². The first-order valence-electron chi connectivity index (χ1n) is 10.6. The van der Waals surface area contributed by atoms with Crippen molar-refractivity contribution in [2.75, 3.05) is 12.8 Å². The van der Waals surface area contributed by atoms with Gasteiger partial charge in [-0.15, -0.1) is 0 Å². The van der Waals surface area contributed by atoms with Gasteiger partial charge in [-0.25, -0.2) is 14.4 Å². The predicted molar refractivity (Wildman–Crippen MR) is 123 cm³/mol. The molecule has 2 heterocycles. The number of benzene rings is 2. The van der Waals surface area contributed by atoms with Crippen LogP contribution in [0.5, 0.6) is 0 Å². The number of hydrogen-bond acceptors (Lipinski definition) is 7. The second-order valence-electron chi connectivity index (χ2n) is 8.25. The molecule has 0 bridgehead atoms. The highest BCUT2D eigenvalue weighted by atomic mass is 19.4. The number of nitrogens with two attached hydrogens (primary N) is 1. The number of carbonyl (C=O) groups is 2. The number of aryl methyl sites for hydroxylation is 1. The molecule has 0 radical (unpaired) electrons. The van der Waals surface area contributed by atoms with Crippen molar-refractivity contribution in [3.8, 4) is 0 Å². The Labute approximate surface area is 206 Å². The summed E-state index contributed by atoms with van der Waals surface area (Å²) in [5.74, 6) is -7.09. The first kappa shape index (κ1) is 25.8. The van der Waals surface area contributed by atoms with E-state index in [9.17, 15) is 37.4 Å². The van der Waals surface area contributed by atoms with E-state index in [-0.39, 0.29) is 22.5 Å². The molecular weight excluding hydrogens is 500 g/mol. The molecule has 0 aliphatic rings. The van der Waals surface area contributed by atoms with Crippen molar-refractivity contribution < 1.29 is 37.4 Å². The Hall–Kier alpha value is -4.30. The molecular formula is C23H20F4N6O4. The van der Waals surface area contributed by atoms with Crippen LogP contribution < -0.4 is 5.73 Å². The SMILES string of the molecule is CC(=O)N(C)N(C(=O)c1ccc2nc(N)c3cnn(C)c3c2c1)C(O)(O)c1ccc(C(F)(F)F)cc1F. The van der Waals surface area contributed by atoms with Gasteiger partial charge >= 0.3 is 6.18 Å². The monoisotopic (exact) mass is 520 g/mol. The maximum absolute atomic E-state index is 14.7. The number of pyridine rings is 1. The first-order valence-corrected chi connectivity index (χ1v) is 10.6. The summed E-state index contributed by atoms with van der Waals surface area (Å²) in [6, 6.07) is 4.97. The minimum atomic E-state index is -4.90. The Balaban J connectivity index is 1.87. The molecule has 37 heavy (non-hydrogen) atoms. The third-order valence-corrected chi connectivity index (χ3v) is 5.86. The van der Waals surface area contributed by atoms with Crippen molar-refractivity contribution in [1.82, 2.24) is 24.8 Å². The quantitative estimate of drug-likeness (QED) is 0.214. The van der Waals surface area contributed by atoms with Crippen LogP contribution in [0.3, 0.4) is 0 Å². The number of hydrogen-bond donors (Lipinski definition) is 3. The number of aromatic nitrogens is 3. The van der Waals surface area contributed by atoms with E-state index in [0.717, 1.165) is 14.0 Å². The highest BCUT2D eigenvalue weighted by Crippen LogP contribution is 2.35. The molecule has 0 atom stereocenters. The average molecular weight is 520 g/mol. The summed E-state index contributed by atoms with van der Waals surface area (Å²) in [7, 11) is 2.64. The van der Waals surface area contributed by atoms with Gasteiger partial charge in [0, 0.05) is 32.0 Å². The van der Waals surface area contributed by atoms with Gasteiger partial charge in [-0.2, -0.15) is 23.3 Å². The lowest BCUT2D eigenvalue weighted by molar-refractivity contribution is -0.302. The van der Waals surface area contributed by atoms with E-state index in [4.69, 9.17) is 5.73 Å². The highest BCUT2D eigenvalue weighted by Gasteiger charge is 2.45. The van der Waals surface area contributed by atoms with Gasteiger partial charge in [0.2, 0.25) is 5.91 Å². The fourth-order valence-corrected chi connectivity index (χ4v) is 3.92. The lowest BCUT2D eigenvalue weighted by Crippen LogP contribution is -2.58. The molecule has 2 aromatic carbocycles. The number of hydrazine groups is 1. The summed E-state index contributed by atoms with van der Waals surface area (Å²) in [5, 5.41) is 27.5. The van der Waals surface area contributed by atoms with Crippen molar-refractivity contribution in [3.05, 3.63) is 65.1 Å². The number of anilines is 1. The summed E-state index contributed by atoms with van der Waals surface area (Å²) < 4.78 is 55.1. The molecule has 4 rings (SSSR count). The molecule has 0 unspecified atom stereocenters. The normalized spacial score (nSPS) is 12.2. The van der Waals surface area contributed by atoms with Gasteiger partial charge in [0.15, 0.2) is 0 Å². The third kappa shape index (κ3) is 4.29. The summed E-state index contributed by atoms with van der Waals surface area (Å²) in [6.07, 6.45) is -3.43. The molecule has 0 saturated carbocycles. The summed E-state index contributed by atoms with van der Waals surface area (Å²) in [5.41, 5.74) is 4.20. The Morgan fingerprint density at radius 2 is 1.76 bits per heavy atom. The number of alkyl halides is 3. The number of nitrogens with zero attached hydrogens (tertiary/aromatic N) is 5. The second kappa shape index (κ2) is 8.67. The predicted octanol–water partition coefficient (Wildman–Crippen LogP) is 2.49. The topological polar surface area (TPSA) is 138 Å². The zero-order valence-electron chi connectivity index (χ0n) is 19.6. The number of aliphatic hydroxyl groups is 2. The lowest BCUT2D eigenvalue weighted by atomic mass is 10.0. The van der Waals surface area contributed by atoms with E-state index in [1.54, 1.807) is 7.05 Å². The van der Waals surface area contributed by atoms with Crippen molar-refractivity contribution in [1.29, 1.82) is 0 Å². The molecule has 194 valence electrons. The van der Waals surface area contributed by atoms with E-state index >= 15 is 0 Å². The highest BCUT2D eigenvalue weighted by molar-refractivity contribution is 6.10. The molecule has 0 spiro atoms. The van der Waals surface area contributed by atoms with Gasteiger partial charge in [0.05, 0.1) is 33.7 Å². The third-order valence-electron chi connectivity index (χ3n) is 5.86. The molecule has 4 N–H and O–H groups in total. The fourth-order valence-electron chi connectivity index (χ4n) is 3.92. The Morgan fingerprint density at radius 3 is 2.35 bits per heavy atom. The Kier molecular flexibility index (Phi) is 6.04. The second-order valence-corrected chi connectivity index (χ2v) is 8.25.